The summed E-state index contributed by atoms with van der Waals surface area (Å²) in [5.41, 5.74) is 1.43. The molecule has 158 valence electrons. The molecule has 1 N–H and O–H groups in total. The Hall–Kier alpha value is -2.25. The summed E-state index contributed by atoms with van der Waals surface area (Å²) >= 11 is 5.97. The Morgan fingerprint density at radius 2 is 1.90 bits per heavy atom. The summed E-state index contributed by atoms with van der Waals surface area (Å²) < 4.78 is 31.1. The Morgan fingerprint density at radius 3 is 2.55 bits per heavy atom. The van der Waals surface area contributed by atoms with E-state index < -0.39 is 10.0 Å². The van der Waals surface area contributed by atoms with E-state index in [0.29, 0.717) is 23.7 Å². The highest BCUT2D eigenvalue weighted by Crippen LogP contribution is 2.22. The van der Waals surface area contributed by atoms with Crippen molar-refractivity contribution in [3.63, 3.8) is 0 Å². The van der Waals surface area contributed by atoms with Gasteiger partial charge in [0.25, 0.3) is 0 Å². The lowest BCUT2D eigenvalue weighted by atomic mass is 10.2. The van der Waals surface area contributed by atoms with Crippen molar-refractivity contribution in [3.8, 4) is 5.75 Å². The highest BCUT2D eigenvalue weighted by Gasteiger charge is 2.17. The third-order valence-electron chi connectivity index (χ3n) is 4.02. The normalized spacial score (nSPS) is 11.3. The predicted molar refractivity (Wildman–Crippen MR) is 117 cm³/mol. The fourth-order valence-electron chi connectivity index (χ4n) is 2.79. The van der Waals surface area contributed by atoms with Gasteiger partial charge in [-0.1, -0.05) is 29.8 Å². The molecule has 0 heterocycles. The number of anilines is 1. The Bertz CT molecular complexity index is 932. The first-order chi connectivity index (χ1) is 13.6. The summed E-state index contributed by atoms with van der Waals surface area (Å²) in [6.07, 6.45) is 1.83. The molecule has 2 aromatic rings. The van der Waals surface area contributed by atoms with Gasteiger partial charge >= 0.3 is 0 Å². The molecule has 0 aliphatic carbocycles. The molecule has 2 rings (SSSR count). The van der Waals surface area contributed by atoms with E-state index in [2.05, 4.69) is 5.32 Å². The van der Waals surface area contributed by atoms with Gasteiger partial charge in [-0.15, -0.1) is 0 Å². The minimum absolute atomic E-state index is 0.0807. The molecule has 0 unspecified atom stereocenters. The van der Waals surface area contributed by atoms with Crippen LogP contribution in [0.4, 0.5) is 5.69 Å². The first kappa shape index (κ1) is 23.0. The van der Waals surface area contributed by atoms with Crippen LogP contribution in [0.2, 0.25) is 5.02 Å². The Balaban J connectivity index is 1.86. The average Bonchev–Trinajstić information content (AvgIpc) is 2.62. The molecule has 0 aliphatic heterocycles. The van der Waals surface area contributed by atoms with Gasteiger partial charge in [-0.25, -0.2) is 8.42 Å². The van der Waals surface area contributed by atoms with E-state index in [1.807, 2.05) is 38.1 Å². The molecule has 0 radical (unpaired) electrons. The van der Waals surface area contributed by atoms with E-state index in [4.69, 9.17) is 16.3 Å². The number of nitrogens with one attached hydrogen (secondary N) is 1. The van der Waals surface area contributed by atoms with E-state index in [1.165, 1.54) is 4.31 Å². The standard InChI is InChI=1S/C21H27ClN2O4S/c1-16(2)28-20-10-4-7-17(13-20)15-23-21(25)11-6-12-24(29(3,26)27)19-9-5-8-18(22)14-19/h4-5,7-10,13-14,16H,6,11-12,15H2,1-3H3,(H,23,25). The van der Waals surface area contributed by atoms with Gasteiger partial charge in [-0.3, -0.25) is 9.10 Å². The monoisotopic (exact) mass is 438 g/mol. The van der Waals surface area contributed by atoms with Gasteiger partial charge in [0, 0.05) is 24.5 Å². The van der Waals surface area contributed by atoms with Gasteiger partial charge in [0.05, 0.1) is 18.0 Å². The van der Waals surface area contributed by atoms with E-state index in [-0.39, 0.29) is 25.0 Å². The minimum Gasteiger partial charge on any atom is -0.491 e. The molecule has 0 aromatic heterocycles. The van der Waals surface area contributed by atoms with Crippen molar-refractivity contribution in [1.82, 2.24) is 5.32 Å². The number of benzene rings is 2. The van der Waals surface area contributed by atoms with Gasteiger partial charge in [-0.05, 0) is 56.2 Å². The van der Waals surface area contributed by atoms with Crippen LogP contribution in [0.1, 0.15) is 32.3 Å². The smallest absolute Gasteiger partial charge is 0.232 e. The third kappa shape index (κ3) is 7.95. The molecule has 0 spiro atoms. The van der Waals surface area contributed by atoms with Crippen molar-refractivity contribution in [2.24, 2.45) is 0 Å². The average molecular weight is 439 g/mol. The topological polar surface area (TPSA) is 75.7 Å². The maximum atomic E-state index is 12.2. The number of halogens is 1. The number of ether oxygens (including phenoxy) is 1. The lowest BCUT2D eigenvalue weighted by Gasteiger charge is -2.22. The number of carbonyl (C=O) groups excluding carboxylic acids is 1. The molecule has 0 saturated heterocycles. The van der Waals surface area contributed by atoms with Gasteiger partial charge in [0.2, 0.25) is 15.9 Å². The number of hydrogen-bond donors (Lipinski definition) is 1. The predicted octanol–water partition coefficient (Wildman–Crippen LogP) is 3.99. The number of hydrogen-bond acceptors (Lipinski definition) is 4. The summed E-state index contributed by atoms with van der Waals surface area (Å²) in [5.74, 6) is 0.622. The second-order valence-electron chi connectivity index (χ2n) is 7.01. The molecule has 1 amide bonds. The second-order valence-corrected chi connectivity index (χ2v) is 9.35. The Morgan fingerprint density at radius 1 is 1.17 bits per heavy atom. The van der Waals surface area contributed by atoms with Crippen LogP contribution in [-0.4, -0.2) is 33.2 Å². The fraction of sp³-hybridized carbons (Fsp3) is 0.381. The highest BCUT2D eigenvalue weighted by atomic mass is 35.5. The van der Waals surface area contributed by atoms with Crippen LogP contribution in [0.3, 0.4) is 0 Å². The quantitative estimate of drug-likeness (QED) is 0.608. The maximum absolute atomic E-state index is 12.2. The van der Waals surface area contributed by atoms with E-state index in [9.17, 15) is 13.2 Å². The molecular formula is C21H27ClN2O4S. The summed E-state index contributed by atoms with van der Waals surface area (Å²) in [4.78, 5) is 12.2. The molecule has 8 heteroatoms. The molecule has 0 aliphatic rings. The van der Waals surface area contributed by atoms with Gasteiger partial charge < -0.3 is 10.1 Å². The minimum atomic E-state index is -3.47. The van der Waals surface area contributed by atoms with E-state index in [1.54, 1.807) is 24.3 Å². The molecular weight excluding hydrogens is 412 g/mol. The Kier molecular flexibility index (Phi) is 8.34. The van der Waals surface area contributed by atoms with Crippen molar-refractivity contribution in [2.75, 3.05) is 17.1 Å². The van der Waals surface area contributed by atoms with Crippen molar-refractivity contribution in [3.05, 3.63) is 59.1 Å². The first-order valence-electron chi connectivity index (χ1n) is 9.41. The number of rotatable bonds is 10. The maximum Gasteiger partial charge on any atom is 0.232 e. The van der Waals surface area contributed by atoms with Crippen molar-refractivity contribution in [2.45, 2.75) is 39.3 Å². The van der Waals surface area contributed by atoms with E-state index >= 15 is 0 Å². The van der Waals surface area contributed by atoms with Crippen molar-refractivity contribution in [1.29, 1.82) is 0 Å². The lowest BCUT2D eigenvalue weighted by Crippen LogP contribution is -2.32. The second kappa shape index (κ2) is 10.5. The molecule has 0 atom stereocenters. The lowest BCUT2D eigenvalue weighted by molar-refractivity contribution is -0.121. The molecule has 0 bridgehead atoms. The molecule has 29 heavy (non-hydrogen) atoms. The molecule has 0 fully saturated rings. The highest BCUT2D eigenvalue weighted by molar-refractivity contribution is 7.92. The summed E-state index contributed by atoms with van der Waals surface area (Å²) in [7, 11) is -3.47. The number of carbonyl (C=O) groups is 1. The zero-order valence-electron chi connectivity index (χ0n) is 16.9. The SMILES string of the molecule is CC(C)Oc1cccc(CNC(=O)CCCN(c2cccc(Cl)c2)S(C)(=O)=O)c1. The number of amides is 1. The fourth-order valence-corrected chi connectivity index (χ4v) is 3.93. The summed E-state index contributed by atoms with van der Waals surface area (Å²) in [6, 6.07) is 14.2. The van der Waals surface area contributed by atoms with Gasteiger partial charge in [-0.2, -0.15) is 0 Å². The largest absolute Gasteiger partial charge is 0.491 e. The summed E-state index contributed by atoms with van der Waals surface area (Å²) in [5, 5.41) is 3.31. The van der Waals surface area contributed by atoms with Crippen molar-refractivity contribution < 1.29 is 17.9 Å². The van der Waals surface area contributed by atoms with Crippen LogP contribution in [0.15, 0.2) is 48.5 Å². The summed E-state index contributed by atoms with van der Waals surface area (Å²) in [6.45, 7) is 4.50. The molecule has 0 saturated carbocycles. The van der Waals surface area contributed by atoms with Crippen LogP contribution in [0, 0.1) is 0 Å². The van der Waals surface area contributed by atoms with Crippen LogP contribution >= 0.6 is 11.6 Å². The zero-order valence-corrected chi connectivity index (χ0v) is 18.5. The number of sulfonamides is 1. The Labute approximate surface area is 177 Å². The van der Waals surface area contributed by atoms with Crippen LogP contribution in [0.25, 0.3) is 0 Å². The molecule has 6 nitrogen and oxygen atoms in total. The zero-order chi connectivity index (χ0) is 21.4. The van der Waals surface area contributed by atoms with Gasteiger partial charge in [0.15, 0.2) is 0 Å². The first-order valence-corrected chi connectivity index (χ1v) is 11.6. The van der Waals surface area contributed by atoms with Crippen LogP contribution in [-0.2, 0) is 21.4 Å². The van der Waals surface area contributed by atoms with Crippen LogP contribution < -0.4 is 14.4 Å². The van der Waals surface area contributed by atoms with Crippen molar-refractivity contribution >= 4 is 33.2 Å². The van der Waals surface area contributed by atoms with Crippen LogP contribution in [0.5, 0.6) is 5.75 Å². The van der Waals surface area contributed by atoms with Gasteiger partial charge in [0.1, 0.15) is 5.75 Å². The molecule has 2 aromatic carbocycles. The van der Waals surface area contributed by atoms with E-state index in [0.717, 1.165) is 17.6 Å². The number of nitrogens with zero attached hydrogens (tertiary/aromatic N) is 1. The third-order valence-corrected chi connectivity index (χ3v) is 5.45.